The molecule has 8 heteroatoms. The molecular weight excluding hydrogens is 256 g/mol. The predicted octanol–water partition coefficient (Wildman–Crippen LogP) is -0.392. The molecule has 2 N–H and O–H groups in total. The van der Waals surface area contributed by atoms with E-state index in [-0.39, 0.29) is 12.2 Å². The summed E-state index contributed by atoms with van der Waals surface area (Å²) in [7, 11) is 0.896. The molecule has 0 amide bonds. The van der Waals surface area contributed by atoms with Crippen LogP contribution in [0.3, 0.4) is 0 Å². The van der Waals surface area contributed by atoms with Crippen LogP contribution in [0.2, 0.25) is 0 Å². The molecule has 0 fully saturated rings. The van der Waals surface area contributed by atoms with Gasteiger partial charge < -0.3 is 15.2 Å². The lowest BCUT2D eigenvalue weighted by atomic mass is 10.2. The van der Waals surface area contributed by atoms with E-state index in [0.717, 1.165) is 6.54 Å². The van der Waals surface area contributed by atoms with Gasteiger partial charge in [-0.3, -0.25) is 0 Å². The summed E-state index contributed by atoms with van der Waals surface area (Å²) in [4.78, 5) is 6.17. The highest BCUT2D eigenvalue weighted by Crippen LogP contribution is 2.12. The molecule has 0 saturated carbocycles. The second-order valence-corrected chi connectivity index (χ2v) is 6.89. The average Bonchev–Trinajstić information content (AvgIpc) is 2.70. The fourth-order valence-corrected chi connectivity index (χ4v) is 1.99. The van der Waals surface area contributed by atoms with Crippen molar-refractivity contribution < 1.29 is 12.9 Å². The average molecular weight is 276 g/mol. The van der Waals surface area contributed by atoms with Crippen LogP contribution in [0.25, 0.3) is 0 Å². The maximum Gasteiger partial charge on any atom is 0.243 e. The zero-order valence-electron chi connectivity index (χ0n) is 11.0. The molecule has 1 heterocycles. The van der Waals surface area contributed by atoms with Gasteiger partial charge in [0.1, 0.15) is 9.84 Å². The van der Waals surface area contributed by atoms with Crippen LogP contribution in [0.1, 0.15) is 24.2 Å². The molecule has 1 rings (SSSR count). The Kier molecular flexibility index (Phi) is 5.24. The quantitative estimate of drug-likeness (QED) is 0.723. The van der Waals surface area contributed by atoms with Crippen molar-refractivity contribution in [2.75, 3.05) is 32.6 Å². The van der Waals surface area contributed by atoms with Crippen LogP contribution in [-0.4, -0.2) is 56.1 Å². The molecule has 7 nitrogen and oxygen atoms in total. The van der Waals surface area contributed by atoms with Crippen LogP contribution in [0, 0.1) is 0 Å². The van der Waals surface area contributed by atoms with Crippen molar-refractivity contribution in [2.45, 2.75) is 18.9 Å². The molecule has 0 radical (unpaired) electrons. The van der Waals surface area contributed by atoms with Crippen LogP contribution in [0.5, 0.6) is 0 Å². The van der Waals surface area contributed by atoms with E-state index in [4.69, 9.17) is 10.3 Å². The van der Waals surface area contributed by atoms with Gasteiger partial charge in [0.15, 0.2) is 5.82 Å². The van der Waals surface area contributed by atoms with Gasteiger partial charge >= 0.3 is 0 Å². The topological polar surface area (TPSA) is 102 Å². The molecule has 1 aromatic heterocycles. The van der Waals surface area contributed by atoms with Gasteiger partial charge in [-0.15, -0.1) is 0 Å². The molecule has 1 aromatic rings. The molecule has 0 bridgehead atoms. The molecule has 18 heavy (non-hydrogen) atoms. The smallest absolute Gasteiger partial charge is 0.243 e. The van der Waals surface area contributed by atoms with E-state index in [0.29, 0.717) is 18.1 Å². The lowest BCUT2D eigenvalue weighted by Gasteiger charge is -2.06. The van der Waals surface area contributed by atoms with E-state index >= 15 is 0 Å². The summed E-state index contributed by atoms with van der Waals surface area (Å²) >= 11 is 0. The fourth-order valence-electron chi connectivity index (χ4n) is 1.31. The normalized spacial score (nSPS) is 14.1. The highest BCUT2D eigenvalue weighted by molar-refractivity contribution is 7.90. The number of nitrogens with two attached hydrogens (primary N) is 1. The molecular formula is C10H20N4O3S. The van der Waals surface area contributed by atoms with Crippen molar-refractivity contribution in [3.05, 3.63) is 11.7 Å². The number of likely N-dealkylation sites (N-methyl/N-ethyl adjacent to an activating group) is 1. The molecule has 1 unspecified atom stereocenters. The third-order valence-corrected chi connectivity index (χ3v) is 3.36. The Morgan fingerprint density at radius 2 is 2.11 bits per heavy atom. The Morgan fingerprint density at radius 1 is 1.44 bits per heavy atom. The first-order chi connectivity index (χ1) is 8.28. The number of aromatic nitrogens is 2. The van der Waals surface area contributed by atoms with Gasteiger partial charge in [-0.2, -0.15) is 4.98 Å². The first-order valence-electron chi connectivity index (χ1n) is 5.68. The fraction of sp³-hybridized carbons (Fsp3) is 0.800. The highest BCUT2D eigenvalue weighted by atomic mass is 32.2. The van der Waals surface area contributed by atoms with Crippen LogP contribution < -0.4 is 5.73 Å². The third kappa shape index (κ3) is 5.56. The Morgan fingerprint density at radius 3 is 2.67 bits per heavy atom. The first kappa shape index (κ1) is 15.1. The standard InChI is InChI=1S/C10H20N4O3S/c1-14(2)6-4-9-12-10(17-13-9)8(11)5-7-18(3,15)16/h8H,4-7,11H2,1-3H3. The summed E-state index contributed by atoms with van der Waals surface area (Å²) in [5.74, 6) is 0.907. The number of sulfone groups is 1. The molecule has 104 valence electrons. The largest absolute Gasteiger partial charge is 0.338 e. The minimum atomic E-state index is -3.02. The lowest BCUT2D eigenvalue weighted by Crippen LogP contribution is -2.17. The van der Waals surface area contributed by atoms with Crippen LogP contribution in [0.4, 0.5) is 0 Å². The molecule has 0 aliphatic carbocycles. The van der Waals surface area contributed by atoms with E-state index in [2.05, 4.69) is 10.1 Å². The van der Waals surface area contributed by atoms with Crippen molar-refractivity contribution in [3.63, 3.8) is 0 Å². The summed E-state index contributed by atoms with van der Waals surface area (Å²) < 4.78 is 27.1. The zero-order chi connectivity index (χ0) is 13.8. The zero-order valence-corrected chi connectivity index (χ0v) is 11.8. The molecule has 0 spiro atoms. The number of rotatable bonds is 7. The summed E-state index contributed by atoms with van der Waals surface area (Å²) in [6.07, 6.45) is 2.14. The van der Waals surface area contributed by atoms with E-state index < -0.39 is 15.9 Å². The molecule has 0 saturated heterocycles. The predicted molar refractivity (Wildman–Crippen MR) is 67.8 cm³/mol. The van der Waals surface area contributed by atoms with Crippen molar-refractivity contribution in [2.24, 2.45) is 5.73 Å². The van der Waals surface area contributed by atoms with Crippen LogP contribution in [0.15, 0.2) is 4.52 Å². The van der Waals surface area contributed by atoms with Crippen LogP contribution >= 0.6 is 0 Å². The van der Waals surface area contributed by atoms with Gasteiger partial charge in [-0.25, -0.2) is 8.42 Å². The van der Waals surface area contributed by atoms with Crippen molar-refractivity contribution >= 4 is 9.84 Å². The Labute approximate surface area is 107 Å². The highest BCUT2D eigenvalue weighted by Gasteiger charge is 2.16. The van der Waals surface area contributed by atoms with Crippen LogP contribution in [-0.2, 0) is 16.3 Å². The lowest BCUT2D eigenvalue weighted by molar-refractivity contribution is 0.345. The second-order valence-electron chi connectivity index (χ2n) is 4.63. The number of nitrogens with zero attached hydrogens (tertiary/aromatic N) is 3. The van der Waals surface area contributed by atoms with Gasteiger partial charge in [-0.1, -0.05) is 5.16 Å². The van der Waals surface area contributed by atoms with Crippen molar-refractivity contribution in [1.29, 1.82) is 0 Å². The first-order valence-corrected chi connectivity index (χ1v) is 7.74. The SMILES string of the molecule is CN(C)CCc1noc(C(N)CCS(C)(=O)=O)n1. The van der Waals surface area contributed by atoms with E-state index in [9.17, 15) is 8.42 Å². The van der Waals surface area contributed by atoms with Gasteiger partial charge in [0.25, 0.3) is 0 Å². The summed E-state index contributed by atoms with van der Waals surface area (Å²) in [5, 5.41) is 3.81. The van der Waals surface area contributed by atoms with Crippen molar-refractivity contribution in [3.8, 4) is 0 Å². The summed E-state index contributed by atoms with van der Waals surface area (Å²) in [6, 6.07) is -0.527. The Hall–Kier alpha value is -0.990. The number of hydrogen-bond donors (Lipinski definition) is 1. The maximum atomic E-state index is 11.0. The molecule has 0 aliphatic heterocycles. The minimum absolute atomic E-state index is 0.0174. The van der Waals surface area contributed by atoms with Gasteiger partial charge in [0, 0.05) is 19.2 Å². The van der Waals surface area contributed by atoms with Crippen molar-refractivity contribution in [1.82, 2.24) is 15.0 Å². The van der Waals surface area contributed by atoms with Gasteiger partial charge in [-0.05, 0) is 20.5 Å². The summed E-state index contributed by atoms with van der Waals surface area (Å²) in [5.41, 5.74) is 5.80. The second kappa shape index (κ2) is 6.26. The van der Waals surface area contributed by atoms with Gasteiger partial charge in [0.2, 0.25) is 5.89 Å². The van der Waals surface area contributed by atoms with E-state index in [1.54, 1.807) is 0 Å². The van der Waals surface area contributed by atoms with E-state index in [1.807, 2.05) is 19.0 Å². The Balaban J connectivity index is 2.51. The summed E-state index contributed by atoms with van der Waals surface area (Å²) in [6.45, 7) is 0.817. The van der Waals surface area contributed by atoms with E-state index in [1.165, 1.54) is 6.26 Å². The Bertz CT molecular complexity index is 469. The molecule has 0 aromatic carbocycles. The minimum Gasteiger partial charge on any atom is -0.338 e. The van der Waals surface area contributed by atoms with Gasteiger partial charge in [0.05, 0.1) is 11.8 Å². The molecule has 1 atom stereocenters. The third-order valence-electron chi connectivity index (χ3n) is 2.38. The maximum absolute atomic E-state index is 11.0. The monoisotopic (exact) mass is 276 g/mol. The number of hydrogen-bond acceptors (Lipinski definition) is 7. The molecule has 0 aliphatic rings.